The second kappa shape index (κ2) is 9.60. The highest BCUT2D eigenvalue weighted by atomic mass is 14.9. The van der Waals surface area contributed by atoms with Crippen molar-refractivity contribution in [1.82, 2.24) is 5.32 Å². The first-order valence-electron chi connectivity index (χ1n) is 8.94. The van der Waals surface area contributed by atoms with Crippen molar-refractivity contribution >= 4 is 0 Å². The van der Waals surface area contributed by atoms with Gasteiger partial charge in [0.05, 0.1) is 0 Å². The lowest BCUT2D eigenvalue weighted by Gasteiger charge is -2.29. The summed E-state index contributed by atoms with van der Waals surface area (Å²) in [7, 11) is 0. The lowest BCUT2D eigenvalue weighted by molar-refractivity contribution is 0.287. The van der Waals surface area contributed by atoms with Crippen LogP contribution in [0.1, 0.15) is 79.6 Å². The standard InChI is InChI=1S/C19H37N/c1-6-15(3)19(7-2)13-16(4)17(5)20-14-18-11-9-8-10-12-18/h6,16-20H,7-14H2,1-5H3/b15-6+/t16-,17?,19?/m0/s1. The Hall–Kier alpha value is -0.300. The van der Waals surface area contributed by atoms with E-state index >= 15 is 0 Å². The molecule has 0 radical (unpaired) electrons. The van der Waals surface area contributed by atoms with Crippen LogP contribution in [0.3, 0.4) is 0 Å². The Morgan fingerprint density at radius 1 is 1.20 bits per heavy atom. The first-order valence-corrected chi connectivity index (χ1v) is 8.94. The fraction of sp³-hybridized carbons (Fsp3) is 0.895. The first-order chi connectivity index (χ1) is 9.58. The third kappa shape index (κ3) is 5.99. The molecule has 2 unspecified atom stereocenters. The molecule has 1 saturated carbocycles. The zero-order valence-electron chi connectivity index (χ0n) is 14.5. The van der Waals surface area contributed by atoms with E-state index in [9.17, 15) is 0 Å². The summed E-state index contributed by atoms with van der Waals surface area (Å²) in [5, 5.41) is 3.82. The predicted molar refractivity (Wildman–Crippen MR) is 91.0 cm³/mol. The molecule has 0 heterocycles. The Morgan fingerprint density at radius 3 is 2.40 bits per heavy atom. The average Bonchev–Trinajstić information content (AvgIpc) is 2.50. The molecule has 3 atom stereocenters. The van der Waals surface area contributed by atoms with E-state index in [4.69, 9.17) is 0 Å². The van der Waals surface area contributed by atoms with Crippen LogP contribution in [0.5, 0.6) is 0 Å². The summed E-state index contributed by atoms with van der Waals surface area (Å²) in [5.41, 5.74) is 1.57. The summed E-state index contributed by atoms with van der Waals surface area (Å²) in [4.78, 5) is 0. The molecule has 0 saturated heterocycles. The fourth-order valence-corrected chi connectivity index (χ4v) is 3.51. The Morgan fingerprint density at radius 2 is 1.85 bits per heavy atom. The zero-order valence-corrected chi connectivity index (χ0v) is 14.5. The van der Waals surface area contributed by atoms with Gasteiger partial charge < -0.3 is 5.32 Å². The van der Waals surface area contributed by atoms with Gasteiger partial charge in [-0.05, 0) is 70.8 Å². The van der Waals surface area contributed by atoms with E-state index < -0.39 is 0 Å². The van der Waals surface area contributed by atoms with Crippen molar-refractivity contribution in [2.45, 2.75) is 85.6 Å². The van der Waals surface area contributed by atoms with E-state index in [2.05, 4.69) is 46.0 Å². The van der Waals surface area contributed by atoms with Crippen LogP contribution in [-0.4, -0.2) is 12.6 Å². The number of nitrogens with one attached hydrogen (secondary N) is 1. The van der Waals surface area contributed by atoms with E-state index in [0.717, 1.165) is 17.8 Å². The topological polar surface area (TPSA) is 12.0 Å². The Balaban J connectivity index is 2.31. The van der Waals surface area contributed by atoms with Crippen molar-refractivity contribution in [2.24, 2.45) is 17.8 Å². The van der Waals surface area contributed by atoms with Crippen LogP contribution < -0.4 is 5.32 Å². The molecule has 0 aromatic heterocycles. The van der Waals surface area contributed by atoms with Gasteiger partial charge in [0.2, 0.25) is 0 Å². The molecule has 1 nitrogen and oxygen atoms in total. The molecule has 118 valence electrons. The van der Waals surface area contributed by atoms with Gasteiger partial charge in [-0.25, -0.2) is 0 Å². The average molecular weight is 280 g/mol. The van der Waals surface area contributed by atoms with Crippen molar-refractivity contribution in [3.8, 4) is 0 Å². The van der Waals surface area contributed by atoms with Crippen LogP contribution >= 0.6 is 0 Å². The van der Waals surface area contributed by atoms with Crippen LogP contribution in [-0.2, 0) is 0 Å². The van der Waals surface area contributed by atoms with Crippen molar-refractivity contribution in [2.75, 3.05) is 6.54 Å². The summed E-state index contributed by atoms with van der Waals surface area (Å²) in [6, 6.07) is 0.649. The molecule has 0 aromatic rings. The molecule has 1 fully saturated rings. The van der Waals surface area contributed by atoms with Gasteiger partial charge in [0.15, 0.2) is 0 Å². The summed E-state index contributed by atoms with van der Waals surface area (Å²) in [5.74, 6) is 2.48. The van der Waals surface area contributed by atoms with Gasteiger partial charge >= 0.3 is 0 Å². The number of hydrogen-bond donors (Lipinski definition) is 1. The molecule has 1 rings (SSSR count). The van der Waals surface area contributed by atoms with Gasteiger partial charge in [0, 0.05) is 6.04 Å². The molecule has 0 spiro atoms. The van der Waals surface area contributed by atoms with Gasteiger partial charge in [0.25, 0.3) is 0 Å². The monoisotopic (exact) mass is 279 g/mol. The van der Waals surface area contributed by atoms with Gasteiger partial charge in [-0.2, -0.15) is 0 Å². The summed E-state index contributed by atoms with van der Waals surface area (Å²) in [6.45, 7) is 12.8. The highest BCUT2D eigenvalue weighted by Crippen LogP contribution is 2.26. The molecule has 1 aliphatic rings. The minimum atomic E-state index is 0.649. The molecule has 20 heavy (non-hydrogen) atoms. The van der Waals surface area contributed by atoms with Crippen molar-refractivity contribution in [3.63, 3.8) is 0 Å². The molecule has 0 aromatic carbocycles. The van der Waals surface area contributed by atoms with E-state index in [1.807, 2.05) is 0 Å². The molecule has 0 aliphatic heterocycles. The highest BCUT2D eigenvalue weighted by molar-refractivity contribution is 5.02. The maximum absolute atomic E-state index is 3.82. The molecule has 0 bridgehead atoms. The Kier molecular flexibility index (Phi) is 8.52. The third-order valence-electron chi connectivity index (χ3n) is 5.56. The first kappa shape index (κ1) is 17.8. The van der Waals surface area contributed by atoms with E-state index in [0.29, 0.717) is 6.04 Å². The van der Waals surface area contributed by atoms with Gasteiger partial charge in [-0.15, -0.1) is 0 Å². The summed E-state index contributed by atoms with van der Waals surface area (Å²) >= 11 is 0. The van der Waals surface area contributed by atoms with Crippen molar-refractivity contribution in [1.29, 1.82) is 0 Å². The van der Waals surface area contributed by atoms with Crippen LogP contribution in [0.25, 0.3) is 0 Å². The third-order valence-corrected chi connectivity index (χ3v) is 5.56. The van der Waals surface area contributed by atoms with Gasteiger partial charge in [-0.3, -0.25) is 0 Å². The zero-order chi connectivity index (χ0) is 15.0. The molecular formula is C19H37N. The van der Waals surface area contributed by atoms with Gasteiger partial charge in [-0.1, -0.05) is 44.8 Å². The van der Waals surface area contributed by atoms with E-state index in [1.165, 1.54) is 51.5 Å². The lowest BCUT2D eigenvalue weighted by Crippen LogP contribution is -2.37. The Bertz CT molecular complexity index is 275. The van der Waals surface area contributed by atoms with Crippen LogP contribution in [0, 0.1) is 17.8 Å². The smallest absolute Gasteiger partial charge is 0.00646 e. The minimum Gasteiger partial charge on any atom is -0.314 e. The summed E-state index contributed by atoms with van der Waals surface area (Å²) < 4.78 is 0. The van der Waals surface area contributed by atoms with Crippen molar-refractivity contribution in [3.05, 3.63) is 11.6 Å². The molecular weight excluding hydrogens is 242 g/mol. The second-order valence-electron chi connectivity index (χ2n) is 7.05. The Labute approximate surface area is 127 Å². The van der Waals surface area contributed by atoms with Crippen LogP contribution in [0.4, 0.5) is 0 Å². The van der Waals surface area contributed by atoms with Gasteiger partial charge in [0.1, 0.15) is 0 Å². The molecule has 1 N–H and O–H groups in total. The second-order valence-corrected chi connectivity index (χ2v) is 7.05. The minimum absolute atomic E-state index is 0.649. The number of hydrogen-bond acceptors (Lipinski definition) is 1. The van der Waals surface area contributed by atoms with E-state index in [1.54, 1.807) is 5.57 Å². The lowest BCUT2D eigenvalue weighted by atomic mass is 9.84. The normalized spacial score (nSPS) is 22.6. The van der Waals surface area contributed by atoms with Crippen molar-refractivity contribution < 1.29 is 0 Å². The highest BCUT2D eigenvalue weighted by Gasteiger charge is 2.19. The number of rotatable bonds is 8. The maximum atomic E-state index is 3.82. The summed E-state index contributed by atoms with van der Waals surface area (Å²) in [6.07, 6.45) is 12.2. The van der Waals surface area contributed by atoms with E-state index in [-0.39, 0.29) is 0 Å². The SMILES string of the molecule is C/C=C(\C)C(CC)C[C@H](C)C(C)NCC1CCCCC1. The molecule has 1 aliphatic carbocycles. The maximum Gasteiger partial charge on any atom is 0.00646 e. The van der Waals surface area contributed by atoms with Crippen LogP contribution in [0.2, 0.25) is 0 Å². The molecule has 0 amide bonds. The fourth-order valence-electron chi connectivity index (χ4n) is 3.51. The predicted octanol–water partition coefficient (Wildman–Crippen LogP) is 5.56. The largest absolute Gasteiger partial charge is 0.314 e. The van der Waals surface area contributed by atoms with Crippen LogP contribution in [0.15, 0.2) is 11.6 Å². The molecule has 1 heteroatoms. The quantitative estimate of drug-likeness (QED) is 0.573. The number of allylic oxidation sites excluding steroid dienone is 2.